The zero-order valence-corrected chi connectivity index (χ0v) is 17.1. The van der Waals surface area contributed by atoms with Crippen LogP contribution in [0.25, 0.3) is 0 Å². The zero-order chi connectivity index (χ0) is 16.0. The van der Waals surface area contributed by atoms with Crippen LogP contribution in [0.5, 0.6) is 5.75 Å². The van der Waals surface area contributed by atoms with Crippen LogP contribution in [0.15, 0.2) is 29.3 Å². The normalized spacial score (nSPS) is 15.3. The van der Waals surface area contributed by atoms with Crippen LogP contribution < -0.4 is 10.1 Å². The molecular weight excluding hydrogens is 401 g/mol. The highest BCUT2D eigenvalue weighted by molar-refractivity contribution is 14.0. The third-order valence-corrected chi connectivity index (χ3v) is 3.53. The number of para-hydroxylation sites is 1. The number of likely N-dealkylation sites (tertiary alicyclic amines) is 1. The van der Waals surface area contributed by atoms with Crippen LogP contribution in [0.3, 0.4) is 0 Å². The molecule has 1 heterocycles. The number of nitrogens with zero attached hydrogens (tertiary/aromatic N) is 2. The maximum absolute atomic E-state index is 6.05. The van der Waals surface area contributed by atoms with Crippen molar-refractivity contribution < 1.29 is 4.74 Å². The molecular formula is C18H30IN3O. The average molecular weight is 431 g/mol. The molecule has 2 rings (SSSR count). The molecule has 4 nitrogen and oxygen atoms in total. The lowest BCUT2D eigenvalue weighted by Gasteiger charge is -2.23. The number of hydrogen-bond donors (Lipinski definition) is 1. The Hall–Kier alpha value is -0.980. The molecule has 1 aliphatic rings. The van der Waals surface area contributed by atoms with E-state index in [0.29, 0.717) is 6.54 Å². The third kappa shape index (κ3) is 6.57. The summed E-state index contributed by atoms with van der Waals surface area (Å²) in [5.74, 6) is 1.95. The fourth-order valence-electron chi connectivity index (χ4n) is 2.58. The quantitative estimate of drug-likeness (QED) is 0.444. The highest BCUT2D eigenvalue weighted by Crippen LogP contribution is 2.23. The zero-order valence-electron chi connectivity index (χ0n) is 14.8. The van der Waals surface area contributed by atoms with E-state index in [4.69, 9.17) is 9.73 Å². The maximum atomic E-state index is 6.05. The summed E-state index contributed by atoms with van der Waals surface area (Å²) in [5, 5.41) is 3.40. The second kappa shape index (κ2) is 9.35. The van der Waals surface area contributed by atoms with E-state index in [-0.39, 0.29) is 29.6 Å². The fraction of sp³-hybridized carbons (Fsp3) is 0.611. The van der Waals surface area contributed by atoms with E-state index in [1.165, 1.54) is 12.8 Å². The second-order valence-corrected chi connectivity index (χ2v) is 6.69. The van der Waals surface area contributed by atoms with Gasteiger partial charge in [-0.2, -0.15) is 0 Å². The Morgan fingerprint density at radius 3 is 2.48 bits per heavy atom. The predicted octanol–water partition coefficient (Wildman–Crippen LogP) is 4.04. The topological polar surface area (TPSA) is 36.9 Å². The number of nitrogens with one attached hydrogen (secondary N) is 1. The van der Waals surface area contributed by atoms with Gasteiger partial charge in [-0.15, -0.1) is 24.0 Å². The van der Waals surface area contributed by atoms with Crippen LogP contribution in [0, 0.1) is 0 Å². The summed E-state index contributed by atoms with van der Waals surface area (Å²) in [6.07, 6.45) is 2.52. The molecule has 1 aromatic rings. The van der Waals surface area contributed by atoms with Crippen molar-refractivity contribution in [1.82, 2.24) is 10.2 Å². The highest BCUT2D eigenvalue weighted by Gasteiger charge is 2.17. The van der Waals surface area contributed by atoms with Crippen molar-refractivity contribution in [3.8, 4) is 5.75 Å². The van der Waals surface area contributed by atoms with Gasteiger partial charge in [0.2, 0.25) is 0 Å². The first-order valence-corrected chi connectivity index (χ1v) is 8.30. The second-order valence-electron chi connectivity index (χ2n) is 6.69. The largest absolute Gasteiger partial charge is 0.488 e. The van der Waals surface area contributed by atoms with Gasteiger partial charge in [0.05, 0.1) is 6.54 Å². The van der Waals surface area contributed by atoms with Gasteiger partial charge >= 0.3 is 0 Å². The number of benzene rings is 1. The summed E-state index contributed by atoms with van der Waals surface area (Å²) < 4.78 is 6.05. The molecule has 0 bridgehead atoms. The lowest BCUT2D eigenvalue weighted by Crippen LogP contribution is -2.39. The van der Waals surface area contributed by atoms with Gasteiger partial charge in [0.25, 0.3) is 0 Å². The fourth-order valence-corrected chi connectivity index (χ4v) is 2.58. The van der Waals surface area contributed by atoms with E-state index in [0.717, 1.165) is 36.9 Å². The molecule has 0 atom stereocenters. The summed E-state index contributed by atoms with van der Waals surface area (Å²) in [7, 11) is 0. The number of aliphatic imine (C=N–C) groups is 1. The van der Waals surface area contributed by atoms with Crippen LogP contribution in [-0.2, 0) is 6.54 Å². The number of rotatable bonds is 4. The summed E-state index contributed by atoms with van der Waals surface area (Å²) in [6, 6.07) is 8.18. The third-order valence-electron chi connectivity index (χ3n) is 3.53. The SMILES string of the molecule is CCNC(=NCc1ccccc1OC(C)(C)C)N1CCCC1.I. The molecule has 0 unspecified atom stereocenters. The van der Waals surface area contributed by atoms with Gasteiger partial charge < -0.3 is 15.0 Å². The van der Waals surface area contributed by atoms with Crippen LogP contribution in [-0.4, -0.2) is 36.1 Å². The number of hydrogen-bond acceptors (Lipinski definition) is 2. The number of guanidine groups is 1. The first kappa shape index (κ1) is 20.1. The van der Waals surface area contributed by atoms with Gasteiger partial charge in [-0.3, -0.25) is 0 Å². The first-order valence-electron chi connectivity index (χ1n) is 8.30. The molecule has 130 valence electrons. The van der Waals surface area contributed by atoms with E-state index < -0.39 is 0 Å². The molecule has 1 N–H and O–H groups in total. The Balaban J connectivity index is 0.00000264. The van der Waals surface area contributed by atoms with Crippen molar-refractivity contribution in [3.05, 3.63) is 29.8 Å². The minimum atomic E-state index is -0.195. The summed E-state index contributed by atoms with van der Waals surface area (Å²) in [4.78, 5) is 7.15. The Bertz CT molecular complexity index is 505. The van der Waals surface area contributed by atoms with Crippen molar-refractivity contribution in [2.24, 2.45) is 4.99 Å². The summed E-state index contributed by atoms with van der Waals surface area (Å²) in [5.41, 5.74) is 0.936. The Morgan fingerprint density at radius 1 is 1.22 bits per heavy atom. The molecule has 1 fully saturated rings. The molecule has 1 aliphatic heterocycles. The van der Waals surface area contributed by atoms with Crippen molar-refractivity contribution >= 4 is 29.9 Å². The van der Waals surface area contributed by atoms with E-state index >= 15 is 0 Å². The standard InChI is InChI=1S/C18H29N3O.HI/c1-5-19-17(21-12-8-9-13-21)20-14-15-10-6-7-11-16(15)22-18(2,3)4;/h6-7,10-11H,5,8-9,12-14H2,1-4H3,(H,19,20);1H. The van der Waals surface area contributed by atoms with Crippen LogP contribution in [0.4, 0.5) is 0 Å². The lowest BCUT2D eigenvalue weighted by molar-refractivity contribution is 0.129. The molecule has 0 spiro atoms. The average Bonchev–Trinajstić information content (AvgIpc) is 2.97. The molecule has 0 aliphatic carbocycles. The van der Waals surface area contributed by atoms with Crippen LogP contribution >= 0.6 is 24.0 Å². The number of ether oxygens (including phenoxy) is 1. The van der Waals surface area contributed by atoms with E-state index in [1.807, 2.05) is 18.2 Å². The van der Waals surface area contributed by atoms with Crippen molar-refractivity contribution in [2.75, 3.05) is 19.6 Å². The van der Waals surface area contributed by atoms with Crippen molar-refractivity contribution in [2.45, 2.75) is 52.7 Å². The molecule has 23 heavy (non-hydrogen) atoms. The van der Waals surface area contributed by atoms with Crippen LogP contribution in [0.1, 0.15) is 46.1 Å². The first-order chi connectivity index (χ1) is 10.5. The van der Waals surface area contributed by atoms with Gasteiger partial charge in [0, 0.05) is 25.2 Å². The predicted molar refractivity (Wildman–Crippen MR) is 108 cm³/mol. The lowest BCUT2D eigenvalue weighted by atomic mass is 10.1. The summed E-state index contributed by atoms with van der Waals surface area (Å²) in [6.45, 7) is 12.1. The van der Waals surface area contributed by atoms with Crippen molar-refractivity contribution in [3.63, 3.8) is 0 Å². The van der Waals surface area contributed by atoms with Gasteiger partial charge in [0.1, 0.15) is 11.4 Å². The molecule has 5 heteroatoms. The molecule has 1 saturated heterocycles. The minimum Gasteiger partial charge on any atom is -0.488 e. The number of halogens is 1. The van der Waals surface area contributed by atoms with Crippen LogP contribution in [0.2, 0.25) is 0 Å². The Kier molecular flexibility index (Phi) is 8.16. The molecule has 0 saturated carbocycles. The Morgan fingerprint density at radius 2 is 1.87 bits per heavy atom. The van der Waals surface area contributed by atoms with E-state index in [9.17, 15) is 0 Å². The van der Waals surface area contributed by atoms with Gasteiger partial charge in [-0.25, -0.2) is 4.99 Å². The molecule has 0 radical (unpaired) electrons. The van der Waals surface area contributed by atoms with Gasteiger partial charge in [-0.1, -0.05) is 18.2 Å². The molecule has 0 amide bonds. The molecule has 1 aromatic carbocycles. The smallest absolute Gasteiger partial charge is 0.194 e. The van der Waals surface area contributed by atoms with E-state index in [2.05, 4.69) is 44.0 Å². The highest BCUT2D eigenvalue weighted by atomic mass is 127. The van der Waals surface area contributed by atoms with Crippen molar-refractivity contribution in [1.29, 1.82) is 0 Å². The summed E-state index contributed by atoms with van der Waals surface area (Å²) >= 11 is 0. The molecule has 0 aromatic heterocycles. The van der Waals surface area contributed by atoms with Gasteiger partial charge in [-0.05, 0) is 46.6 Å². The Labute approximate surface area is 157 Å². The van der Waals surface area contributed by atoms with Gasteiger partial charge in [0.15, 0.2) is 5.96 Å². The van der Waals surface area contributed by atoms with E-state index in [1.54, 1.807) is 0 Å². The minimum absolute atomic E-state index is 0. The monoisotopic (exact) mass is 431 g/mol. The maximum Gasteiger partial charge on any atom is 0.194 e.